The Morgan fingerprint density at radius 3 is 3.00 bits per heavy atom. The number of ether oxygens (including phenoxy) is 1. The van der Waals surface area contributed by atoms with E-state index < -0.39 is 0 Å². The SMILES string of the molecule is CCC1COC(C)CN1c1cc(C#N)c2ccccc2n1. The number of hydrogen-bond donors (Lipinski definition) is 0. The predicted molar refractivity (Wildman–Crippen MR) is 83.3 cm³/mol. The molecule has 1 aromatic heterocycles. The summed E-state index contributed by atoms with van der Waals surface area (Å²) in [5, 5.41) is 10.3. The molecule has 2 aromatic rings. The molecule has 2 atom stereocenters. The van der Waals surface area contributed by atoms with Gasteiger partial charge in [-0.25, -0.2) is 4.98 Å². The van der Waals surface area contributed by atoms with Crippen LogP contribution in [0.5, 0.6) is 0 Å². The molecule has 0 aliphatic carbocycles. The van der Waals surface area contributed by atoms with Crippen molar-refractivity contribution >= 4 is 16.7 Å². The van der Waals surface area contributed by atoms with E-state index in [0.717, 1.165) is 29.7 Å². The lowest BCUT2D eigenvalue weighted by Crippen LogP contribution is -2.49. The molecule has 1 saturated heterocycles. The third-order valence-corrected chi connectivity index (χ3v) is 4.06. The number of benzene rings is 1. The Labute approximate surface area is 125 Å². The van der Waals surface area contributed by atoms with Crippen LogP contribution in [0.25, 0.3) is 10.9 Å². The summed E-state index contributed by atoms with van der Waals surface area (Å²) in [5.41, 5.74) is 1.56. The molecule has 4 nitrogen and oxygen atoms in total. The molecular formula is C17H19N3O. The summed E-state index contributed by atoms with van der Waals surface area (Å²) in [6.07, 6.45) is 1.19. The second-order valence-electron chi connectivity index (χ2n) is 5.52. The van der Waals surface area contributed by atoms with Gasteiger partial charge in [0.25, 0.3) is 0 Å². The highest BCUT2D eigenvalue weighted by molar-refractivity contribution is 5.86. The zero-order valence-electron chi connectivity index (χ0n) is 12.4. The van der Waals surface area contributed by atoms with E-state index in [1.54, 1.807) is 0 Å². The van der Waals surface area contributed by atoms with Crippen molar-refractivity contribution in [3.05, 3.63) is 35.9 Å². The second-order valence-corrected chi connectivity index (χ2v) is 5.52. The van der Waals surface area contributed by atoms with Gasteiger partial charge in [0.2, 0.25) is 0 Å². The van der Waals surface area contributed by atoms with Gasteiger partial charge in [-0.2, -0.15) is 5.26 Å². The van der Waals surface area contributed by atoms with Gasteiger partial charge in [0, 0.05) is 11.9 Å². The number of morpholine rings is 1. The van der Waals surface area contributed by atoms with Crippen LogP contribution in [-0.2, 0) is 4.74 Å². The molecule has 0 N–H and O–H groups in total. The number of nitriles is 1. The minimum atomic E-state index is 0.187. The Balaban J connectivity index is 2.09. The normalized spacial score (nSPS) is 22.2. The average Bonchev–Trinajstić information content (AvgIpc) is 2.53. The third kappa shape index (κ3) is 2.57. The summed E-state index contributed by atoms with van der Waals surface area (Å²) >= 11 is 0. The highest BCUT2D eigenvalue weighted by Gasteiger charge is 2.27. The Kier molecular flexibility index (Phi) is 3.76. The lowest BCUT2D eigenvalue weighted by molar-refractivity contribution is 0.0296. The van der Waals surface area contributed by atoms with E-state index in [-0.39, 0.29) is 6.10 Å². The molecule has 3 rings (SSSR count). The Bertz CT molecular complexity index is 692. The Hall–Kier alpha value is -2.12. The smallest absolute Gasteiger partial charge is 0.130 e. The van der Waals surface area contributed by atoms with Crippen molar-refractivity contribution in [2.45, 2.75) is 32.4 Å². The first kappa shape index (κ1) is 13.8. The summed E-state index contributed by atoms with van der Waals surface area (Å²) in [6.45, 7) is 5.76. The molecule has 108 valence electrons. The first-order chi connectivity index (χ1) is 10.2. The summed E-state index contributed by atoms with van der Waals surface area (Å²) in [6, 6.07) is 12.3. The van der Waals surface area contributed by atoms with Crippen LogP contribution in [0, 0.1) is 11.3 Å². The van der Waals surface area contributed by atoms with Crippen molar-refractivity contribution in [2.75, 3.05) is 18.1 Å². The zero-order valence-corrected chi connectivity index (χ0v) is 12.4. The van der Waals surface area contributed by atoms with E-state index in [0.29, 0.717) is 18.2 Å². The number of rotatable bonds is 2. The van der Waals surface area contributed by atoms with Gasteiger partial charge in [-0.3, -0.25) is 0 Å². The lowest BCUT2D eigenvalue weighted by atomic mass is 10.1. The molecule has 0 radical (unpaired) electrons. The molecule has 0 amide bonds. The monoisotopic (exact) mass is 281 g/mol. The molecule has 2 unspecified atom stereocenters. The van der Waals surface area contributed by atoms with Gasteiger partial charge in [-0.05, 0) is 25.5 Å². The highest BCUT2D eigenvalue weighted by Crippen LogP contribution is 2.26. The van der Waals surface area contributed by atoms with Crippen LogP contribution in [0.3, 0.4) is 0 Å². The number of pyridine rings is 1. The predicted octanol–water partition coefficient (Wildman–Crippen LogP) is 3.11. The van der Waals surface area contributed by atoms with Crippen LogP contribution in [0.2, 0.25) is 0 Å². The summed E-state index contributed by atoms with van der Waals surface area (Å²) < 4.78 is 5.74. The fourth-order valence-corrected chi connectivity index (χ4v) is 2.86. The van der Waals surface area contributed by atoms with Crippen molar-refractivity contribution in [3.63, 3.8) is 0 Å². The molecule has 1 aliphatic rings. The topological polar surface area (TPSA) is 49.1 Å². The number of fused-ring (bicyclic) bond motifs is 1. The van der Waals surface area contributed by atoms with E-state index >= 15 is 0 Å². The van der Waals surface area contributed by atoms with Gasteiger partial charge < -0.3 is 9.64 Å². The number of nitrogens with zero attached hydrogens (tertiary/aromatic N) is 3. The van der Waals surface area contributed by atoms with Gasteiger partial charge >= 0.3 is 0 Å². The molecule has 21 heavy (non-hydrogen) atoms. The van der Waals surface area contributed by atoms with Gasteiger partial charge in [0.15, 0.2) is 0 Å². The van der Waals surface area contributed by atoms with Crippen molar-refractivity contribution in [3.8, 4) is 6.07 Å². The fraction of sp³-hybridized carbons (Fsp3) is 0.412. The molecule has 1 aromatic carbocycles. The van der Waals surface area contributed by atoms with E-state index in [1.807, 2.05) is 30.3 Å². The van der Waals surface area contributed by atoms with Crippen LogP contribution in [0.4, 0.5) is 5.82 Å². The van der Waals surface area contributed by atoms with Crippen LogP contribution in [0.15, 0.2) is 30.3 Å². The molecule has 0 saturated carbocycles. The highest BCUT2D eigenvalue weighted by atomic mass is 16.5. The molecular weight excluding hydrogens is 262 g/mol. The van der Waals surface area contributed by atoms with Crippen molar-refractivity contribution in [2.24, 2.45) is 0 Å². The molecule has 1 aliphatic heterocycles. The standard InChI is InChI=1S/C17H19N3O/c1-3-14-11-21-12(2)10-20(14)17-8-13(9-18)15-6-4-5-7-16(15)19-17/h4-8,12,14H,3,10-11H2,1-2H3. The van der Waals surface area contributed by atoms with Gasteiger partial charge in [0.1, 0.15) is 5.82 Å². The van der Waals surface area contributed by atoms with Crippen molar-refractivity contribution in [1.82, 2.24) is 4.98 Å². The van der Waals surface area contributed by atoms with Crippen molar-refractivity contribution in [1.29, 1.82) is 5.26 Å². The Morgan fingerprint density at radius 2 is 2.24 bits per heavy atom. The maximum absolute atomic E-state index is 9.41. The average molecular weight is 281 g/mol. The van der Waals surface area contributed by atoms with Crippen LogP contribution in [0.1, 0.15) is 25.8 Å². The summed E-state index contributed by atoms with van der Waals surface area (Å²) in [4.78, 5) is 7.04. The maximum atomic E-state index is 9.41. The minimum Gasteiger partial charge on any atom is -0.375 e. The number of anilines is 1. The summed E-state index contributed by atoms with van der Waals surface area (Å²) in [7, 11) is 0. The van der Waals surface area contributed by atoms with Gasteiger partial charge in [0.05, 0.1) is 35.9 Å². The van der Waals surface area contributed by atoms with Crippen LogP contribution in [-0.4, -0.2) is 30.3 Å². The van der Waals surface area contributed by atoms with E-state index in [9.17, 15) is 5.26 Å². The first-order valence-corrected chi connectivity index (χ1v) is 7.41. The molecule has 2 heterocycles. The quantitative estimate of drug-likeness (QED) is 0.848. The maximum Gasteiger partial charge on any atom is 0.130 e. The van der Waals surface area contributed by atoms with Gasteiger partial charge in [-0.1, -0.05) is 25.1 Å². The van der Waals surface area contributed by atoms with E-state index in [2.05, 4.69) is 24.8 Å². The second kappa shape index (κ2) is 5.71. The third-order valence-electron chi connectivity index (χ3n) is 4.06. The Morgan fingerprint density at radius 1 is 1.43 bits per heavy atom. The largest absolute Gasteiger partial charge is 0.375 e. The van der Waals surface area contributed by atoms with Crippen molar-refractivity contribution < 1.29 is 4.74 Å². The fourth-order valence-electron chi connectivity index (χ4n) is 2.86. The number of para-hydroxylation sites is 1. The molecule has 4 heteroatoms. The zero-order chi connectivity index (χ0) is 14.8. The lowest BCUT2D eigenvalue weighted by Gasteiger charge is -2.39. The molecule has 0 bridgehead atoms. The van der Waals surface area contributed by atoms with Gasteiger partial charge in [-0.15, -0.1) is 0 Å². The summed E-state index contributed by atoms with van der Waals surface area (Å²) in [5.74, 6) is 0.882. The molecule has 1 fully saturated rings. The number of aromatic nitrogens is 1. The van der Waals surface area contributed by atoms with Crippen LogP contribution >= 0.6 is 0 Å². The van der Waals surface area contributed by atoms with E-state index in [4.69, 9.17) is 9.72 Å². The minimum absolute atomic E-state index is 0.187. The first-order valence-electron chi connectivity index (χ1n) is 7.41. The van der Waals surface area contributed by atoms with E-state index in [1.165, 1.54) is 0 Å². The molecule has 0 spiro atoms. The number of hydrogen-bond acceptors (Lipinski definition) is 4. The van der Waals surface area contributed by atoms with Crippen LogP contribution < -0.4 is 4.90 Å².